The van der Waals surface area contributed by atoms with Gasteiger partial charge in [0.2, 0.25) is 17.7 Å². The van der Waals surface area contributed by atoms with E-state index in [1.807, 2.05) is 24.0 Å². The number of primary amides is 1. The van der Waals surface area contributed by atoms with Gasteiger partial charge in [-0.25, -0.2) is 0 Å². The number of amides is 1. The molecule has 1 saturated heterocycles. The van der Waals surface area contributed by atoms with Gasteiger partial charge < -0.3 is 10.2 Å². The van der Waals surface area contributed by atoms with Crippen LogP contribution in [0.3, 0.4) is 0 Å². The van der Waals surface area contributed by atoms with Crippen molar-refractivity contribution in [2.24, 2.45) is 5.73 Å². The van der Waals surface area contributed by atoms with E-state index in [0.29, 0.717) is 11.8 Å². The van der Waals surface area contributed by atoms with E-state index in [4.69, 9.17) is 10.2 Å². The Morgan fingerprint density at radius 1 is 1.45 bits per heavy atom. The largest absolute Gasteiger partial charge is 0.420 e. The molecule has 3 rings (SSSR count). The number of hydrogen-bond acceptors (Lipinski definition) is 6. The predicted molar refractivity (Wildman–Crippen MR) is 79.9 cm³/mol. The van der Waals surface area contributed by atoms with Crippen molar-refractivity contribution in [2.75, 3.05) is 19.6 Å². The summed E-state index contributed by atoms with van der Waals surface area (Å²) in [6, 6.07) is 3.83. The minimum Gasteiger partial charge on any atom is -0.420 e. The molecule has 0 bridgehead atoms. The number of nitrogens with two attached hydrogens (primary N) is 1. The van der Waals surface area contributed by atoms with Crippen LogP contribution in [0.2, 0.25) is 0 Å². The number of piperidine rings is 1. The number of hydrogen-bond donors (Lipinski definition) is 1. The molecule has 7 heteroatoms. The second-order valence-electron chi connectivity index (χ2n) is 5.67. The highest BCUT2D eigenvalue weighted by Gasteiger charge is 2.26. The summed E-state index contributed by atoms with van der Waals surface area (Å²) in [5, 5.41) is 8.28. The predicted octanol–water partition coefficient (Wildman–Crippen LogP) is 1.10. The Balaban J connectivity index is 1.73. The molecule has 7 nitrogen and oxygen atoms in total. The number of aromatic nitrogens is 3. The first-order valence-electron chi connectivity index (χ1n) is 7.39. The zero-order chi connectivity index (χ0) is 15.5. The molecule has 1 amide bonds. The second kappa shape index (κ2) is 6.23. The first-order valence-corrected chi connectivity index (χ1v) is 7.39. The number of likely N-dealkylation sites (tertiary alicyclic amines) is 1. The summed E-state index contributed by atoms with van der Waals surface area (Å²) in [7, 11) is 0. The van der Waals surface area contributed by atoms with E-state index >= 15 is 0 Å². The topological polar surface area (TPSA) is 98.1 Å². The van der Waals surface area contributed by atoms with E-state index < -0.39 is 0 Å². The molecule has 1 aliphatic heterocycles. The number of carbonyl (C=O) groups is 1. The van der Waals surface area contributed by atoms with Crippen LogP contribution in [0.4, 0.5) is 0 Å². The maximum atomic E-state index is 11.0. The van der Waals surface area contributed by atoms with Gasteiger partial charge in [-0.05, 0) is 38.4 Å². The Morgan fingerprint density at radius 3 is 3.05 bits per heavy atom. The number of carbonyl (C=O) groups excluding carboxylic acids is 1. The van der Waals surface area contributed by atoms with Crippen molar-refractivity contribution in [3.8, 4) is 11.5 Å². The zero-order valence-electron chi connectivity index (χ0n) is 12.5. The van der Waals surface area contributed by atoms with E-state index in [1.165, 1.54) is 0 Å². The molecule has 0 spiro atoms. The van der Waals surface area contributed by atoms with Gasteiger partial charge >= 0.3 is 0 Å². The maximum Gasteiger partial charge on any atom is 0.249 e. The molecule has 2 aromatic heterocycles. The Morgan fingerprint density at radius 2 is 2.32 bits per heavy atom. The Kier molecular flexibility index (Phi) is 4.15. The SMILES string of the molecule is Cc1ccc(-c2nnc(C3CCCN(CC(N)=O)C3)o2)cn1. The van der Waals surface area contributed by atoms with Gasteiger partial charge in [-0.2, -0.15) is 0 Å². The monoisotopic (exact) mass is 301 g/mol. The summed E-state index contributed by atoms with van der Waals surface area (Å²) in [6.45, 7) is 3.80. The van der Waals surface area contributed by atoms with Crippen LogP contribution >= 0.6 is 0 Å². The van der Waals surface area contributed by atoms with Crippen LogP contribution in [0.5, 0.6) is 0 Å². The average molecular weight is 301 g/mol. The lowest BCUT2D eigenvalue weighted by Crippen LogP contribution is -2.40. The minimum absolute atomic E-state index is 0.146. The van der Waals surface area contributed by atoms with Gasteiger partial charge in [-0.3, -0.25) is 14.7 Å². The van der Waals surface area contributed by atoms with Crippen molar-refractivity contribution >= 4 is 5.91 Å². The first-order chi connectivity index (χ1) is 10.6. The lowest BCUT2D eigenvalue weighted by atomic mass is 9.98. The molecule has 116 valence electrons. The minimum atomic E-state index is -0.308. The van der Waals surface area contributed by atoms with Gasteiger partial charge in [0.1, 0.15) is 0 Å². The highest BCUT2D eigenvalue weighted by atomic mass is 16.4. The lowest BCUT2D eigenvalue weighted by Gasteiger charge is -2.29. The van der Waals surface area contributed by atoms with Crippen molar-refractivity contribution in [3.05, 3.63) is 29.9 Å². The van der Waals surface area contributed by atoms with Crippen LogP contribution < -0.4 is 5.73 Å². The van der Waals surface area contributed by atoms with Gasteiger partial charge in [-0.15, -0.1) is 10.2 Å². The third-order valence-electron chi connectivity index (χ3n) is 3.83. The van der Waals surface area contributed by atoms with Crippen molar-refractivity contribution in [3.63, 3.8) is 0 Å². The molecular weight excluding hydrogens is 282 g/mol. The highest BCUT2D eigenvalue weighted by molar-refractivity contribution is 5.75. The van der Waals surface area contributed by atoms with Crippen molar-refractivity contribution in [1.82, 2.24) is 20.1 Å². The summed E-state index contributed by atoms with van der Waals surface area (Å²) in [5.74, 6) is 0.935. The van der Waals surface area contributed by atoms with Crippen LogP contribution in [0, 0.1) is 6.92 Å². The van der Waals surface area contributed by atoms with Crippen LogP contribution in [-0.2, 0) is 4.79 Å². The van der Waals surface area contributed by atoms with Crippen LogP contribution in [0.15, 0.2) is 22.7 Å². The fourth-order valence-corrected chi connectivity index (χ4v) is 2.73. The van der Waals surface area contributed by atoms with Gasteiger partial charge in [0, 0.05) is 18.4 Å². The van der Waals surface area contributed by atoms with Crippen LogP contribution in [0.25, 0.3) is 11.5 Å². The third-order valence-corrected chi connectivity index (χ3v) is 3.83. The molecule has 0 aliphatic carbocycles. The Bertz CT molecular complexity index is 652. The molecule has 22 heavy (non-hydrogen) atoms. The summed E-state index contributed by atoms with van der Waals surface area (Å²) < 4.78 is 5.80. The second-order valence-corrected chi connectivity index (χ2v) is 5.67. The Labute approximate surface area is 128 Å². The molecule has 0 aromatic carbocycles. The highest BCUT2D eigenvalue weighted by Crippen LogP contribution is 2.28. The molecule has 3 heterocycles. The molecule has 1 unspecified atom stereocenters. The first kappa shape index (κ1) is 14.6. The van der Waals surface area contributed by atoms with Crippen molar-refractivity contribution in [1.29, 1.82) is 0 Å². The van der Waals surface area contributed by atoms with E-state index in [0.717, 1.165) is 37.2 Å². The number of rotatable bonds is 4. The molecule has 0 radical (unpaired) electrons. The molecule has 2 N–H and O–H groups in total. The molecular formula is C15H19N5O2. The molecule has 0 saturated carbocycles. The summed E-state index contributed by atoms with van der Waals surface area (Å²) in [4.78, 5) is 17.3. The fourth-order valence-electron chi connectivity index (χ4n) is 2.73. The summed E-state index contributed by atoms with van der Waals surface area (Å²) in [6.07, 6.45) is 3.69. The molecule has 2 aromatic rings. The number of nitrogens with zero attached hydrogens (tertiary/aromatic N) is 4. The van der Waals surface area contributed by atoms with E-state index in [2.05, 4.69) is 15.2 Å². The normalized spacial score (nSPS) is 19.2. The maximum absolute atomic E-state index is 11.0. The van der Waals surface area contributed by atoms with Crippen molar-refractivity contribution < 1.29 is 9.21 Å². The smallest absolute Gasteiger partial charge is 0.249 e. The van der Waals surface area contributed by atoms with Crippen LogP contribution in [0.1, 0.15) is 30.3 Å². The average Bonchev–Trinajstić information content (AvgIpc) is 2.97. The number of aryl methyl sites for hydroxylation is 1. The van der Waals surface area contributed by atoms with E-state index in [-0.39, 0.29) is 18.4 Å². The Hall–Kier alpha value is -2.28. The molecule has 1 fully saturated rings. The van der Waals surface area contributed by atoms with Gasteiger partial charge in [0.25, 0.3) is 0 Å². The van der Waals surface area contributed by atoms with E-state index in [1.54, 1.807) is 6.20 Å². The van der Waals surface area contributed by atoms with Crippen LogP contribution in [-0.4, -0.2) is 45.6 Å². The summed E-state index contributed by atoms with van der Waals surface area (Å²) in [5.41, 5.74) is 7.02. The van der Waals surface area contributed by atoms with Crippen molar-refractivity contribution in [2.45, 2.75) is 25.7 Å². The standard InChI is InChI=1S/C15H19N5O2/c1-10-4-5-11(7-17-10)14-18-19-15(22-14)12-3-2-6-20(8-12)9-13(16)21/h4-5,7,12H,2-3,6,8-9H2,1H3,(H2,16,21). The van der Waals surface area contributed by atoms with Gasteiger partial charge in [0.05, 0.1) is 18.0 Å². The molecule has 1 atom stereocenters. The van der Waals surface area contributed by atoms with Gasteiger partial charge in [-0.1, -0.05) is 0 Å². The zero-order valence-corrected chi connectivity index (χ0v) is 12.5. The van der Waals surface area contributed by atoms with Gasteiger partial charge in [0.15, 0.2) is 0 Å². The lowest BCUT2D eigenvalue weighted by molar-refractivity contribution is -0.119. The quantitative estimate of drug-likeness (QED) is 0.908. The van der Waals surface area contributed by atoms with E-state index in [9.17, 15) is 4.79 Å². The number of pyridine rings is 1. The molecule has 1 aliphatic rings. The fraction of sp³-hybridized carbons (Fsp3) is 0.467. The third kappa shape index (κ3) is 3.30. The summed E-state index contributed by atoms with van der Waals surface area (Å²) >= 11 is 0.